The van der Waals surface area contributed by atoms with Gasteiger partial charge in [0.15, 0.2) is 11.9 Å². The van der Waals surface area contributed by atoms with Crippen LogP contribution in [-0.2, 0) is 25.9 Å². The van der Waals surface area contributed by atoms with Crippen LogP contribution in [0.15, 0.2) is 60.8 Å². The molecule has 14 heteroatoms. The van der Waals surface area contributed by atoms with Gasteiger partial charge in [0.25, 0.3) is 5.91 Å². The molecule has 2 atom stereocenters. The first-order valence-corrected chi connectivity index (χ1v) is 18.3. The number of ether oxygens (including phenoxy) is 2. The van der Waals surface area contributed by atoms with Crippen LogP contribution in [0.3, 0.4) is 0 Å². The molecule has 2 aliphatic rings. The minimum atomic E-state index is -1.52. The summed E-state index contributed by atoms with van der Waals surface area (Å²) in [6.07, 6.45) is 9.53. The minimum absolute atomic E-state index is 0.0447. The highest BCUT2D eigenvalue weighted by Gasteiger charge is 2.39. The molecule has 1 saturated carbocycles. The van der Waals surface area contributed by atoms with Gasteiger partial charge in [-0.25, -0.2) is 14.8 Å². The molecule has 4 aromatic rings. The summed E-state index contributed by atoms with van der Waals surface area (Å²) in [4.78, 5) is 51.3. The van der Waals surface area contributed by atoms with Gasteiger partial charge in [0.2, 0.25) is 5.82 Å². The number of anilines is 1. The van der Waals surface area contributed by atoms with E-state index in [1.807, 2.05) is 83.6 Å². The van der Waals surface area contributed by atoms with Crippen LogP contribution in [0.1, 0.15) is 99.7 Å². The standard InChI is InChI=1S/C40H51N9O5/c1-37(2,3)30-21-31(43-33(42-30)34(51)41-23-39(48(6)7)18-11-12-19-39)44-36(52)45-40(24-50)20-17-29(27-13-9-10-14-28(27)40)54-26-15-16-32-46-47-35(49(32)22-26)38(4,5)25-53-8/h9-10,13-17,20-22,24,29H,11-12,18-19,23,25H2,1-8H3,(H,41,51)(H2,42,43,44,45,52)/t29-,40-/m1/s1. The van der Waals surface area contributed by atoms with Crippen LogP contribution < -0.4 is 20.7 Å². The van der Waals surface area contributed by atoms with E-state index in [9.17, 15) is 14.4 Å². The van der Waals surface area contributed by atoms with Crippen molar-refractivity contribution in [3.8, 4) is 5.75 Å². The average molecular weight is 738 g/mol. The van der Waals surface area contributed by atoms with Gasteiger partial charge in [-0.3, -0.25) is 19.3 Å². The lowest BCUT2D eigenvalue weighted by molar-refractivity contribution is -0.111. The number of pyridine rings is 1. The Hall–Kier alpha value is -5.21. The second kappa shape index (κ2) is 14.9. The third-order valence-electron chi connectivity index (χ3n) is 10.5. The van der Waals surface area contributed by atoms with Crippen LogP contribution in [-0.4, -0.2) is 87.6 Å². The smallest absolute Gasteiger partial charge is 0.321 e. The van der Waals surface area contributed by atoms with Gasteiger partial charge in [0, 0.05) is 41.7 Å². The molecule has 0 spiro atoms. The van der Waals surface area contributed by atoms with E-state index in [0.29, 0.717) is 47.7 Å². The van der Waals surface area contributed by atoms with Crippen molar-refractivity contribution in [1.82, 2.24) is 40.1 Å². The van der Waals surface area contributed by atoms with Crippen molar-refractivity contribution in [2.75, 3.05) is 39.7 Å². The van der Waals surface area contributed by atoms with Gasteiger partial charge in [0.1, 0.15) is 29.0 Å². The summed E-state index contributed by atoms with van der Waals surface area (Å²) in [5.41, 5.74) is 0.00469. The van der Waals surface area contributed by atoms with Crippen LogP contribution in [0, 0.1) is 0 Å². The Balaban J connectivity index is 1.22. The number of amides is 3. The zero-order valence-corrected chi connectivity index (χ0v) is 32.4. The minimum Gasteiger partial charge on any atom is -0.480 e. The summed E-state index contributed by atoms with van der Waals surface area (Å²) in [7, 11) is 5.72. The summed E-state index contributed by atoms with van der Waals surface area (Å²) in [6.45, 7) is 10.9. The summed E-state index contributed by atoms with van der Waals surface area (Å²) in [5.74, 6) is 0.956. The van der Waals surface area contributed by atoms with Crippen molar-refractivity contribution in [2.24, 2.45) is 0 Å². The second-order valence-electron chi connectivity index (χ2n) is 16.2. The summed E-state index contributed by atoms with van der Waals surface area (Å²) >= 11 is 0. The van der Waals surface area contributed by atoms with Gasteiger partial charge in [0.05, 0.1) is 18.5 Å². The number of methoxy groups -OCH3 is 1. The monoisotopic (exact) mass is 737 g/mol. The van der Waals surface area contributed by atoms with Crippen LogP contribution in [0.4, 0.5) is 10.6 Å². The largest absolute Gasteiger partial charge is 0.480 e. The number of hydrogen-bond acceptors (Lipinski definition) is 10. The van der Waals surface area contributed by atoms with Crippen LogP contribution in [0.5, 0.6) is 5.75 Å². The highest BCUT2D eigenvalue weighted by Crippen LogP contribution is 2.38. The number of carbonyl (C=O) groups excluding carboxylic acids is 3. The maximum absolute atomic E-state index is 13.7. The van der Waals surface area contributed by atoms with Gasteiger partial charge >= 0.3 is 6.03 Å². The molecule has 1 aromatic carbocycles. The van der Waals surface area contributed by atoms with Crippen molar-refractivity contribution >= 4 is 29.7 Å². The molecule has 0 saturated heterocycles. The molecule has 14 nitrogen and oxygen atoms in total. The van der Waals surface area contributed by atoms with E-state index in [0.717, 1.165) is 31.5 Å². The van der Waals surface area contributed by atoms with Crippen molar-refractivity contribution in [1.29, 1.82) is 0 Å². The van der Waals surface area contributed by atoms with Gasteiger partial charge < -0.3 is 25.0 Å². The molecule has 0 radical (unpaired) electrons. The number of nitrogens with one attached hydrogen (secondary N) is 3. The van der Waals surface area contributed by atoms with E-state index >= 15 is 0 Å². The number of benzene rings is 1. The van der Waals surface area contributed by atoms with Crippen LogP contribution >= 0.6 is 0 Å². The lowest BCUT2D eigenvalue weighted by Crippen LogP contribution is -2.51. The van der Waals surface area contributed by atoms with E-state index < -0.39 is 34.4 Å². The molecular weight excluding hydrogens is 686 g/mol. The second-order valence-corrected chi connectivity index (χ2v) is 16.2. The Morgan fingerprint density at radius 2 is 1.78 bits per heavy atom. The van der Waals surface area contributed by atoms with Gasteiger partial charge in [-0.15, -0.1) is 10.2 Å². The van der Waals surface area contributed by atoms with Crippen LogP contribution in [0.2, 0.25) is 0 Å². The Morgan fingerprint density at radius 1 is 1.04 bits per heavy atom. The summed E-state index contributed by atoms with van der Waals surface area (Å²) < 4.78 is 13.8. The molecule has 0 unspecified atom stereocenters. The fourth-order valence-corrected chi connectivity index (χ4v) is 7.34. The quantitative estimate of drug-likeness (QED) is 0.129. The lowest BCUT2D eigenvalue weighted by Gasteiger charge is -2.36. The SMILES string of the molecule is COCC(C)(C)c1nnc2ccc(O[C@@H]3C=C[C@](C=O)(NC(=O)Nc4cc(C(C)(C)C)nc(C(=O)NCC5(N(C)C)CCCC5)n4)c4ccccc43)cn12. The molecular formula is C40H51N9O5. The number of fused-ring (bicyclic) bond motifs is 2. The molecule has 0 bridgehead atoms. The number of nitrogens with zero attached hydrogens (tertiary/aromatic N) is 6. The maximum Gasteiger partial charge on any atom is 0.321 e. The molecule has 3 heterocycles. The molecule has 54 heavy (non-hydrogen) atoms. The number of urea groups is 1. The number of hydrogen-bond donors (Lipinski definition) is 3. The highest BCUT2D eigenvalue weighted by molar-refractivity contribution is 5.94. The Bertz CT molecular complexity index is 2060. The van der Waals surface area contributed by atoms with E-state index in [4.69, 9.17) is 9.47 Å². The van der Waals surface area contributed by atoms with E-state index in [2.05, 4.69) is 41.0 Å². The normalized spacial score (nSPS) is 19.4. The van der Waals surface area contributed by atoms with Crippen LogP contribution in [0.25, 0.3) is 5.65 Å². The average Bonchev–Trinajstić information content (AvgIpc) is 3.80. The van der Waals surface area contributed by atoms with Gasteiger partial charge in [-0.1, -0.05) is 71.7 Å². The Kier molecular flexibility index (Phi) is 10.6. The Morgan fingerprint density at radius 3 is 2.46 bits per heavy atom. The van der Waals surface area contributed by atoms with Crippen molar-refractivity contribution in [3.05, 3.63) is 89.3 Å². The van der Waals surface area contributed by atoms with E-state index in [-0.39, 0.29) is 17.2 Å². The van der Waals surface area contributed by atoms with E-state index in [1.165, 1.54) is 0 Å². The number of aromatic nitrogens is 5. The fraction of sp³-hybridized carbons (Fsp3) is 0.475. The number of carbonyl (C=O) groups is 3. The lowest BCUT2D eigenvalue weighted by atomic mass is 9.81. The molecule has 2 aliphatic carbocycles. The maximum atomic E-state index is 13.7. The predicted molar refractivity (Wildman–Crippen MR) is 205 cm³/mol. The number of rotatable bonds is 12. The molecule has 0 aliphatic heterocycles. The highest BCUT2D eigenvalue weighted by atomic mass is 16.5. The van der Waals surface area contributed by atoms with Gasteiger partial charge in [-0.2, -0.15) is 0 Å². The molecule has 6 rings (SSSR count). The summed E-state index contributed by atoms with van der Waals surface area (Å²) in [6, 6.07) is 11.9. The molecule has 1 fully saturated rings. The predicted octanol–water partition coefficient (Wildman–Crippen LogP) is 5.25. The third kappa shape index (κ3) is 7.71. The third-order valence-corrected chi connectivity index (χ3v) is 10.5. The molecule has 3 N–H and O–H groups in total. The fourth-order valence-electron chi connectivity index (χ4n) is 7.34. The Labute approximate surface area is 316 Å². The first-order valence-electron chi connectivity index (χ1n) is 18.3. The first-order chi connectivity index (χ1) is 25.6. The van der Waals surface area contributed by atoms with E-state index in [1.54, 1.807) is 37.5 Å². The molecule has 286 valence electrons. The molecule has 3 aromatic heterocycles. The van der Waals surface area contributed by atoms with Crippen molar-refractivity contribution in [3.63, 3.8) is 0 Å². The molecule has 3 amide bonds. The van der Waals surface area contributed by atoms with Crippen molar-refractivity contribution < 1.29 is 23.9 Å². The van der Waals surface area contributed by atoms with Crippen molar-refractivity contribution in [2.45, 2.75) is 88.3 Å². The zero-order chi connectivity index (χ0) is 38.9. The topological polar surface area (TPSA) is 165 Å². The van der Waals surface area contributed by atoms with Gasteiger partial charge in [-0.05, 0) is 56.8 Å². The first kappa shape index (κ1) is 38.5. The summed E-state index contributed by atoms with van der Waals surface area (Å²) in [5, 5.41) is 17.4. The number of likely N-dealkylation sites (N-methyl/N-ethyl adjacent to an activating group) is 1. The zero-order valence-electron chi connectivity index (χ0n) is 32.4. The number of aldehydes is 1.